The smallest absolute Gasteiger partial charge is 0.337 e. The van der Waals surface area contributed by atoms with Gasteiger partial charge in [0.05, 0.1) is 11.1 Å². The number of carboxylic acid groups (broad SMARTS) is 1. The van der Waals surface area contributed by atoms with Crippen LogP contribution in [0.25, 0.3) is 11.0 Å². The standard InChI is InChI=1S/C16H20N2O2/c1-10(2)15-17-14-12(16(19)20)4-3-5-13(14)18(15)9-8-11-6-7-11/h3-5,10-11H,6-9H2,1-2H3,(H,19,20). The predicted octanol–water partition coefficient (Wildman–Crippen LogP) is 3.66. The van der Waals surface area contributed by atoms with Gasteiger partial charge in [-0.2, -0.15) is 0 Å². The van der Waals surface area contributed by atoms with Crippen molar-refractivity contribution >= 4 is 17.0 Å². The van der Waals surface area contributed by atoms with E-state index in [1.54, 1.807) is 6.07 Å². The largest absolute Gasteiger partial charge is 0.478 e. The highest BCUT2D eigenvalue weighted by atomic mass is 16.4. The molecule has 0 aliphatic heterocycles. The lowest BCUT2D eigenvalue weighted by Gasteiger charge is -2.11. The molecule has 1 aromatic heterocycles. The molecular weight excluding hydrogens is 252 g/mol. The number of aryl methyl sites for hydroxylation is 1. The summed E-state index contributed by atoms with van der Waals surface area (Å²) in [5, 5.41) is 9.30. The first-order chi connectivity index (χ1) is 9.58. The Morgan fingerprint density at radius 3 is 2.80 bits per heavy atom. The Morgan fingerprint density at radius 2 is 2.20 bits per heavy atom. The van der Waals surface area contributed by atoms with Gasteiger partial charge in [0.15, 0.2) is 0 Å². The lowest BCUT2D eigenvalue weighted by molar-refractivity contribution is 0.0699. The highest BCUT2D eigenvalue weighted by molar-refractivity contribution is 6.01. The van der Waals surface area contributed by atoms with E-state index < -0.39 is 5.97 Å². The van der Waals surface area contributed by atoms with Gasteiger partial charge in [-0.15, -0.1) is 0 Å². The second kappa shape index (κ2) is 4.93. The van der Waals surface area contributed by atoms with Gasteiger partial charge in [0.25, 0.3) is 0 Å². The minimum Gasteiger partial charge on any atom is -0.478 e. The molecule has 4 nitrogen and oxygen atoms in total. The first kappa shape index (κ1) is 13.2. The van der Waals surface area contributed by atoms with Crippen molar-refractivity contribution in [1.82, 2.24) is 9.55 Å². The Hall–Kier alpha value is -1.84. The molecule has 1 aliphatic carbocycles. The highest BCUT2D eigenvalue weighted by Gasteiger charge is 2.23. The molecule has 106 valence electrons. The zero-order valence-corrected chi connectivity index (χ0v) is 12.0. The first-order valence-corrected chi connectivity index (χ1v) is 7.30. The molecule has 0 unspecified atom stereocenters. The summed E-state index contributed by atoms with van der Waals surface area (Å²) < 4.78 is 2.21. The average molecular weight is 272 g/mol. The van der Waals surface area contributed by atoms with Crippen LogP contribution in [0.3, 0.4) is 0 Å². The fourth-order valence-corrected chi connectivity index (χ4v) is 2.73. The number of carboxylic acids is 1. The number of aromatic carboxylic acids is 1. The van der Waals surface area contributed by atoms with Gasteiger partial charge in [0.1, 0.15) is 11.3 Å². The third kappa shape index (κ3) is 2.30. The number of aromatic nitrogens is 2. The first-order valence-electron chi connectivity index (χ1n) is 7.30. The van der Waals surface area contributed by atoms with Crippen molar-refractivity contribution in [2.45, 2.75) is 45.6 Å². The Kier molecular flexibility index (Phi) is 3.24. The second-order valence-electron chi connectivity index (χ2n) is 5.99. The summed E-state index contributed by atoms with van der Waals surface area (Å²) in [6.07, 6.45) is 3.84. The van der Waals surface area contributed by atoms with Gasteiger partial charge in [-0.3, -0.25) is 0 Å². The molecule has 0 spiro atoms. The summed E-state index contributed by atoms with van der Waals surface area (Å²) >= 11 is 0. The maximum Gasteiger partial charge on any atom is 0.337 e. The zero-order valence-electron chi connectivity index (χ0n) is 12.0. The molecule has 1 N–H and O–H groups in total. The molecule has 0 saturated heterocycles. The Labute approximate surface area is 118 Å². The molecule has 0 bridgehead atoms. The van der Waals surface area contributed by atoms with E-state index in [2.05, 4.69) is 23.4 Å². The Bertz CT molecular complexity index is 654. The number of hydrogen-bond donors (Lipinski definition) is 1. The minimum absolute atomic E-state index is 0.295. The van der Waals surface area contributed by atoms with E-state index in [0.717, 1.165) is 23.8 Å². The predicted molar refractivity (Wildman–Crippen MR) is 78.1 cm³/mol. The van der Waals surface area contributed by atoms with Crippen molar-refractivity contribution in [3.05, 3.63) is 29.6 Å². The van der Waals surface area contributed by atoms with Crippen molar-refractivity contribution in [3.8, 4) is 0 Å². The van der Waals surface area contributed by atoms with Crippen LogP contribution in [-0.4, -0.2) is 20.6 Å². The summed E-state index contributed by atoms with van der Waals surface area (Å²) in [7, 11) is 0. The van der Waals surface area contributed by atoms with E-state index in [0.29, 0.717) is 17.0 Å². The van der Waals surface area contributed by atoms with Crippen LogP contribution in [0.5, 0.6) is 0 Å². The molecule has 3 rings (SSSR count). The summed E-state index contributed by atoms with van der Waals surface area (Å²) in [6, 6.07) is 5.42. The van der Waals surface area contributed by atoms with E-state index in [4.69, 9.17) is 0 Å². The molecule has 4 heteroatoms. The molecule has 0 amide bonds. The van der Waals surface area contributed by atoms with Crippen molar-refractivity contribution in [1.29, 1.82) is 0 Å². The number of carbonyl (C=O) groups is 1. The average Bonchev–Trinajstić information content (AvgIpc) is 3.15. The second-order valence-corrected chi connectivity index (χ2v) is 5.99. The lowest BCUT2D eigenvalue weighted by Crippen LogP contribution is -2.06. The van der Waals surface area contributed by atoms with Crippen LogP contribution < -0.4 is 0 Å². The van der Waals surface area contributed by atoms with Crippen molar-refractivity contribution < 1.29 is 9.90 Å². The molecule has 1 heterocycles. The molecule has 20 heavy (non-hydrogen) atoms. The van der Waals surface area contributed by atoms with Crippen LogP contribution >= 0.6 is 0 Å². The fourth-order valence-electron chi connectivity index (χ4n) is 2.73. The zero-order chi connectivity index (χ0) is 14.3. The van der Waals surface area contributed by atoms with Crippen molar-refractivity contribution in [2.75, 3.05) is 0 Å². The van der Waals surface area contributed by atoms with E-state index in [1.165, 1.54) is 19.3 Å². The number of rotatable bonds is 5. The highest BCUT2D eigenvalue weighted by Crippen LogP contribution is 2.34. The normalized spacial score (nSPS) is 15.2. The molecule has 0 radical (unpaired) electrons. The molecule has 2 aromatic rings. The van der Waals surface area contributed by atoms with Crippen LogP contribution in [0.1, 0.15) is 55.2 Å². The summed E-state index contributed by atoms with van der Waals surface area (Å²) in [4.78, 5) is 15.9. The summed E-state index contributed by atoms with van der Waals surface area (Å²) in [6.45, 7) is 5.16. The molecule has 1 fully saturated rings. The quantitative estimate of drug-likeness (QED) is 0.903. The van der Waals surface area contributed by atoms with Gasteiger partial charge in [-0.25, -0.2) is 9.78 Å². The maximum absolute atomic E-state index is 11.3. The van der Waals surface area contributed by atoms with E-state index >= 15 is 0 Å². The summed E-state index contributed by atoms with van der Waals surface area (Å²) in [5.41, 5.74) is 1.88. The van der Waals surface area contributed by atoms with Gasteiger partial charge in [0.2, 0.25) is 0 Å². The van der Waals surface area contributed by atoms with Crippen LogP contribution in [0.15, 0.2) is 18.2 Å². The number of nitrogens with zero attached hydrogens (tertiary/aromatic N) is 2. The molecule has 1 aromatic carbocycles. The van der Waals surface area contributed by atoms with Crippen LogP contribution in [0, 0.1) is 5.92 Å². The Morgan fingerprint density at radius 1 is 1.45 bits per heavy atom. The Balaban J connectivity index is 2.10. The number of fused-ring (bicyclic) bond motifs is 1. The molecule has 1 aliphatic rings. The van der Waals surface area contributed by atoms with E-state index in [-0.39, 0.29) is 0 Å². The van der Waals surface area contributed by atoms with Gasteiger partial charge in [-0.05, 0) is 24.5 Å². The number of imidazole rings is 1. The van der Waals surface area contributed by atoms with Gasteiger partial charge in [0, 0.05) is 12.5 Å². The third-order valence-corrected chi connectivity index (χ3v) is 4.01. The SMILES string of the molecule is CC(C)c1nc2c(C(=O)O)cccc2n1CCC1CC1. The van der Waals surface area contributed by atoms with Crippen LogP contribution in [0.2, 0.25) is 0 Å². The molecule has 1 saturated carbocycles. The van der Waals surface area contributed by atoms with Crippen LogP contribution in [0.4, 0.5) is 0 Å². The van der Waals surface area contributed by atoms with Crippen molar-refractivity contribution in [2.24, 2.45) is 5.92 Å². The van der Waals surface area contributed by atoms with Crippen LogP contribution in [-0.2, 0) is 6.54 Å². The molecule has 0 atom stereocenters. The number of benzene rings is 1. The van der Waals surface area contributed by atoms with Gasteiger partial charge >= 0.3 is 5.97 Å². The monoisotopic (exact) mass is 272 g/mol. The fraction of sp³-hybridized carbons (Fsp3) is 0.500. The lowest BCUT2D eigenvalue weighted by atomic mass is 10.2. The van der Waals surface area contributed by atoms with E-state index in [9.17, 15) is 9.90 Å². The minimum atomic E-state index is -0.905. The molecular formula is C16H20N2O2. The summed E-state index contributed by atoms with van der Waals surface area (Å²) in [5.74, 6) is 1.24. The maximum atomic E-state index is 11.3. The number of para-hydroxylation sites is 1. The van der Waals surface area contributed by atoms with E-state index in [1.807, 2.05) is 12.1 Å². The topological polar surface area (TPSA) is 55.1 Å². The third-order valence-electron chi connectivity index (χ3n) is 4.01. The number of hydrogen-bond acceptors (Lipinski definition) is 2. The van der Waals surface area contributed by atoms with Gasteiger partial charge in [-0.1, -0.05) is 32.8 Å². The van der Waals surface area contributed by atoms with Gasteiger partial charge < -0.3 is 9.67 Å². The van der Waals surface area contributed by atoms with Crippen molar-refractivity contribution in [3.63, 3.8) is 0 Å².